The number of imidazole rings is 1. The Labute approximate surface area is 232 Å². The first-order valence-corrected chi connectivity index (χ1v) is 13.2. The van der Waals surface area contributed by atoms with Crippen molar-refractivity contribution in [1.82, 2.24) is 9.97 Å². The molecule has 0 saturated heterocycles. The summed E-state index contributed by atoms with van der Waals surface area (Å²) in [6.07, 6.45) is 10.6. The van der Waals surface area contributed by atoms with Gasteiger partial charge in [0.1, 0.15) is 11.5 Å². The molecule has 2 aromatic carbocycles. The van der Waals surface area contributed by atoms with Gasteiger partial charge in [-0.3, -0.25) is 4.79 Å². The molecular weight excluding hydrogens is 503 g/mol. The van der Waals surface area contributed by atoms with Crippen molar-refractivity contribution >= 4 is 42.1 Å². The van der Waals surface area contributed by atoms with E-state index >= 15 is 0 Å². The maximum Gasteiger partial charge on any atom is 0.276 e. The van der Waals surface area contributed by atoms with Gasteiger partial charge in [-0.15, -0.1) is 24.8 Å². The number of carbonyl (C=O) groups is 1. The number of anilines is 2. The van der Waals surface area contributed by atoms with Gasteiger partial charge < -0.3 is 15.6 Å². The highest BCUT2D eigenvalue weighted by Gasteiger charge is 2.50. The van der Waals surface area contributed by atoms with Crippen LogP contribution in [0.4, 0.5) is 11.4 Å². The van der Waals surface area contributed by atoms with E-state index in [0.29, 0.717) is 11.1 Å². The number of halogens is 2. The molecule has 3 aromatic rings. The molecule has 4 aliphatic rings. The maximum atomic E-state index is 13.5. The molecule has 4 aliphatic carbocycles. The number of nitrogens with one attached hydrogen (secondary N) is 3. The van der Waals surface area contributed by atoms with Crippen LogP contribution in [0.15, 0.2) is 48.5 Å². The zero-order valence-electron chi connectivity index (χ0n) is 21.7. The normalized spacial score (nSPS) is 25.2. The fourth-order valence-electron chi connectivity index (χ4n) is 7.67. The first-order valence-electron chi connectivity index (χ1n) is 13.2. The summed E-state index contributed by atoms with van der Waals surface area (Å²) in [7, 11) is 1.88. The van der Waals surface area contributed by atoms with E-state index in [-0.39, 0.29) is 30.7 Å². The number of aromatic nitrogens is 2. The summed E-state index contributed by atoms with van der Waals surface area (Å²) in [5.74, 6) is 3.46. The van der Waals surface area contributed by atoms with E-state index in [2.05, 4.69) is 34.7 Å². The lowest BCUT2D eigenvalue weighted by Gasteiger charge is -2.57. The van der Waals surface area contributed by atoms with Gasteiger partial charge in [0.2, 0.25) is 0 Å². The quantitative estimate of drug-likeness (QED) is 0.288. The number of hydrogen-bond donors (Lipinski definition) is 3. The Bertz CT molecular complexity index is 1220. The predicted molar refractivity (Wildman–Crippen MR) is 156 cm³/mol. The van der Waals surface area contributed by atoms with E-state index in [9.17, 15) is 4.79 Å². The topological polar surface area (TPSA) is 69.8 Å². The van der Waals surface area contributed by atoms with Crippen LogP contribution in [0.25, 0.3) is 11.4 Å². The van der Waals surface area contributed by atoms with E-state index < -0.39 is 0 Å². The first-order chi connectivity index (χ1) is 17.0. The van der Waals surface area contributed by atoms with Gasteiger partial charge in [-0.1, -0.05) is 30.3 Å². The summed E-state index contributed by atoms with van der Waals surface area (Å²) in [6.45, 7) is 2.09. The molecule has 0 spiro atoms. The molecule has 1 aromatic heterocycles. The van der Waals surface area contributed by atoms with Crippen LogP contribution in [0.1, 0.15) is 66.7 Å². The monoisotopic (exact) mass is 540 g/mol. The second kappa shape index (κ2) is 11.1. The van der Waals surface area contributed by atoms with Crippen LogP contribution in [0.5, 0.6) is 0 Å². The van der Waals surface area contributed by atoms with Crippen molar-refractivity contribution in [1.29, 1.82) is 0 Å². The summed E-state index contributed by atoms with van der Waals surface area (Å²) in [5.41, 5.74) is 5.92. The second-order valence-electron chi connectivity index (χ2n) is 11.4. The van der Waals surface area contributed by atoms with Gasteiger partial charge in [0, 0.05) is 29.7 Å². The molecule has 0 unspecified atom stereocenters. The van der Waals surface area contributed by atoms with E-state index in [1.807, 2.05) is 43.4 Å². The van der Waals surface area contributed by atoms with Crippen LogP contribution in [0, 0.1) is 30.1 Å². The number of H-pyrrole nitrogens is 1. The van der Waals surface area contributed by atoms with Gasteiger partial charge in [0.25, 0.3) is 5.91 Å². The third kappa shape index (κ3) is 5.53. The Morgan fingerprint density at radius 3 is 2.27 bits per heavy atom. The van der Waals surface area contributed by atoms with Gasteiger partial charge >= 0.3 is 0 Å². The molecule has 1 heterocycles. The number of rotatable bonds is 7. The van der Waals surface area contributed by atoms with Gasteiger partial charge in [0.05, 0.1) is 0 Å². The zero-order chi connectivity index (χ0) is 24.0. The van der Waals surface area contributed by atoms with Crippen LogP contribution in [-0.4, -0.2) is 22.9 Å². The smallest absolute Gasteiger partial charge is 0.276 e. The van der Waals surface area contributed by atoms with Crippen LogP contribution < -0.4 is 10.6 Å². The van der Waals surface area contributed by atoms with Crippen molar-refractivity contribution in [3.63, 3.8) is 0 Å². The summed E-state index contributed by atoms with van der Waals surface area (Å²) in [6, 6.07) is 16.0. The number of benzene rings is 2. The molecule has 7 rings (SSSR count). The van der Waals surface area contributed by atoms with Crippen LogP contribution in [0.2, 0.25) is 0 Å². The summed E-state index contributed by atoms with van der Waals surface area (Å²) in [5, 5.41) is 6.22. The fourth-order valence-corrected chi connectivity index (χ4v) is 7.67. The molecule has 1 amide bonds. The number of hydrogen-bond acceptors (Lipinski definition) is 3. The second-order valence-corrected chi connectivity index (χ2v) is 11.4. The highest BCUT2D eigenvalue weighted by atomic mass is 35.5. The van der Waals surface area contributed by atoms with E-state index in [1.165, 1.54) is 38.5 Å². The molecule has 0 atom stereocenters. The Kier molecular flexibility index (Phi) is 8.25. The molecule has 3 N–H and O–H groups in total. The fraction of sp³-hybridized carbons (Fsp3) is 0.467. The molecule has 0 radical (unpaired) electrons. The molecular formula is C30H38Cl2N4O. The van der Waals surface area contributed by atoms with Gasteiger partial charge in [-0.2, -0.15) is 0 Å². The Balaban J connectivity index is 0.00000160. The minimum atomic E-state index is -0.144. The minimum Gasteiger partial charge on any atom is -0.388 e. The average Bonchev–Trinajstić information content (AvgIpc) is 3.27. The lowest BCUT2D eigenvalue weighted by Crippen LogP contribution is -2.46. The van der Waals surface area contributed by atoms with Crippen molar-refractivity contribution in [3.8, 4) is 11.4 Å². The Hall–Kier alpha value is -2.50. The van der Waals surface area contributed by atoms with Crippen molar-refractivity contribution in [2.75, 3.05) is 17.7 Å². The highest BCUT2D eigenvalue weighted by molar-refractivity contribution is 6.04. The number of amides is 1. The van der Waals surface area contributed by atoms with Crippen molar-refractivity contribution < 1.29 is 4.79 Å². The molecule has 4 bridgehead atoms. The van der Waals surface area contributed by atoms with E-state index in [0.717, 1.165) is 64.6 Å². The van der Waals surface area contributed by atoms with Gasteiger partial charge in [-0.25, -0.2) is 4.98 Å². The van der Waals surface area contributed by atoms with Crippen LogP contribution in [-0.2, 0) is 6.42 Å². The number of carbonyl (C=O) groups excluding carboxylic acids is 1. The SMILES string of the molecule is CNc1cccc(NC(=O)c2nc(-c3ccccc3C)[nH]c2CCC23CC4CC(CC(C4)C2)C3)c1.Cl.Cl. The zero-order valence-corrected chi connectivity index (χ0v) is 23.3. The molecule has 37 heavy (non-hydrogen) atoms. The average molecular weight is 542 g/mol. The first kappa shape index (κ1) is 27.5. The van der Waals surface area contributed by atoms with E-state index in [4.69, 9.17) is 4.98 Å². The number of nitrogens with zero attached hydrogens (tertiary/aromatic N) is 1. The van der Waals surface area contributed by atoms with Crippen LogP contribution in [0.3, 0.4) is 0 Å². The number of aryl methyl sites for hydroxylation is 2. The molecule has 7 heteroatoms. The molecule has 4 saturated carbocycles. The predicted octanol–water partition coefficient (Wildman–Crippen LogP) is 7.67. The molecule has 4 fully saturated rings. The standard InChI is InChI=1S/C30H36N4O.2ClH/c1-19-6-3-4-9-25(19)28-33-26(10-11-30-16-20-12-21(17-30)14-22(13-20)18-30)27(34-28)29(35)32-24-8-5-7-23(15-24)31-2;;/h3-9,15,20-22,31H,10-14,16-18H2,1-2H3,(H,32,35)(H,33,34);2*1H. The van der Waals surface area contributed by atoms with E-state index in [1.54, 1.807) is 0 Å². The summed E-state index contributed by atoms with van der Waals surface area (Å²) in [4.78, 5) is 21.9. The third-order valence-corrected chi connectivity index (χ3v) is 8.87. The largest absolute Gasteiger partial charge is 0.388 e. The summed E-state index contributed by atoms with van der Waals surface area (Å²) >= 11 is 0. The molecule has 5 nitrogen and oxygen atoms in total. The lowest BCUT2D eigenvalue weighted by molar-refractivity contribution is -0.0570. The van der Waals surface area contributed by atoms with Crippen molar-refractivity contribution in [2.45, 2.75) is 58.3 Å². The summed E-state index contributed by atoms with van der Waals surface area (Å²) < 4.78 is 0. The number of aromatic amines is 1. The van der Waals surface area contributed by atoms with Crippen molar-refractivity contribution in [3.05, 3.63) is 65.5 Å². The van der Waals surface area contributed by atoms with Crippen molar-refractivity contribution in [2.24, 2.45) is 23.2 Å². The molecule has 198 valence electrons. The molecule has 0 aliphatic heterocycles. The Morgan fingerprint density at radius 1 is 0.973 bits per heavy atom. The van der Waals surface area contributed by atoms with Gasteiger partial charge in [-0.05, 0) is 105 Å². The maximum absolute atomic E-state index is 13.5. The van der Waals surface area contributed by atoms with Gasteiger partial charge in [0.15, 0.2) is 0 Å². The lowest BCUT2D eigenvalue weighted by atomic mass is 9.48. The van der Waals surface area contributed by atoms with Crippen LogP contribution >= 0.6 is 24.8 Å². The minimum absolute atomic E-state index is 0. The third-order valence-electron chi connectivity index (χ3n) is 8.87. The highest BCUT2D eigenvalue weighted by Crippen LogP contribution is 2.61. The Morgan fingerprint density at radius 2 is 1.62 bits per heavy atom.